The number of rotatable bonds is 5. The molecule has 0 unspecified atom stereocenters. The van der Waals surface area contributed by atoms with Crippen molar-refractivity contribution in [1.82, 2.24) is 4.98 Å². The SMILES string of the molecule is COc1ccc(CC(=O)c2ccc(C=O)[nH]2)cc1. The summed E-state index contributed by atoms with van der Waals surface area (Å²) in [7, 11) is 1.60. The van der Waals surface area contributed by atoms with Gasteiger partial charge in [0.15, 0.2) is 12.1 Å². The van der Waals surface area contributed by atoms with Crippen LogP contribution >= 0.6 is 0 Å². The van der Waals surface area contributed by atoms with E-state index in [-0.39, 0.29) is 5.78 Å². The van der Waals surface area contributed by atoms with E-state index in [0.717, 1.165) is 11.3 Å². The summed E-state index contributed by atoms with van der Waals surface area (Å²) in [4.78, 5) is 25.2. The second kappa shape index (κ2) is 5.31. The van der Waals surface area contributed by atoms with Crippen molar-refractivity contribution in [3.8, 4) is 5.75 Å². The van der Waals surface area contributed by atoms with E-state index in [1.165, 1.54) is 0 Å². The molecule has 0 bridgehead atoms. The van der Waals surface area contributed by atoms with Crippen LogP contribution in [-0.2, 0) is 6.42 Å². The fraction of sp³-hybridized carbons (Fsp3) is 0.143. The van der Waals surface area contributed by atoms with Gasteiger partial charge in [0.1, 0.15) is 5.75 Å². The minimum atomic E-state index is -0.0479. The molecule has 0 aliphatic carbocycles. The third kappa shape index (κ3) is 2.66. The van der Waals surface area contributed by atoms with Crippen LogP contribution in [0.2, 0.25) is 0 Å². The molecule has 0 radical (unpaired) electrons. The summed E-state index contributed by atoms with van der Waals surface area (Å²) in [6.07, 6.45) is 0.979. The molecule has 0 saturated heterocycles. The van der Waals surface area contributed by atoms with Gasteiger partial charge in [-0.3, -0.25) is 9.59 Å². The molecule has 0 amide bonds. The van der Waals surface area contributed by atoms with E-state index in [0.29, 0.717) is 24.1 Å². The molecule has 2 rings (SSSR count). The molecule has 4 heteroatoms. The van der Waals surface area contributed by atoms with Crippen LogP contribution in [0.1, 0.15) is 26.5 Å². The number of ketones is 1. The number of ether oxygens (including phenoxy) is 1. The fourth-order valence-corrected chi connectivity index (χ4v) is 1.67. The number of nitrogens with one attached hydrogen (secondary N) is 1. The lowest BCUT2D eigenvalue weighted by molar-refractivity contribution is 0.0989. The summed E-state index contributed by atoms with van der Waals surface area (Å²) in [6.45, 7) is 0. The summed E-state index contributed by atoms with van der Waals surface area (Å²) >= 11 is 0. The van der Waals surface area contributed by atoms with Gasteiger partial charge in [0.05, 0.1) is 18.5 Å². The van der Waals surface area contributed by atoms with Crippen LogP contribution < -0.4 is 4.74 Å². The Morgan fingerprint density at radius 2 is 1.94 bits per heavy atom. The Kier molecular flexibility index (Phi) is 3.57. The van der Waals surface area contributed by atoms with E-state index in [1.807, 2.05) is 24.3 Å². The molecule has 2 aromatic rings. The fourth-order valence-electron chi connectivity index (χ4n) is 1.67. The lowest BCUT2D eigenvalue weighted by Gasteiger charge is -2.02. The van der Waals surface area contributed by atoms with Crippen LogP contribution in [0.4, 0.5) is 0 Å². The van der Waals surface area contributed by atoms with Crippen molar-refractivity contribution in [1.29, 1.82) is 0 Å². The maximum Gasteiger partial charge on any atom is 0.183 e. The first kappa shape index (κ1) is 12.1. The highest BCUT2D eigenvalue weighted by Crippen LogP contribution is 2.13. The van der Waals surface area contributed by atoms with Crippen molar-refractivity contribution >= 4 is 12.1 Å². The summed E-state index contributed by atoms with van der Waals surface area (Å²) in [5.74, 6) is 0.711. The van der Waals surface area contributed by atoms with Gasteiger partial charge in [-0.2, -0.15) is 0 Å². The monoisotopic (exact) mass is 243 g/mol. The number of methoxy groups -OCH3 is 1. The molecule has 1 aromatic carbocycles. The normalized spacial score (nSPS) is 10.1. The van der Waals surface area contributed by atoms with Crippen LogP contribution in [0.3, 0.4) is 0 Å². The Hall–Kier alpha value is -2.36. The van der Waals surface area contributed by atoms with Gasteiger partial charge in [0, 0.05) is 6.42 Å². The van der Waals surface area contributed by atoms with Gasteiger partial charge >= 0.3 is 0 Å². The molecule has 1 N–H and O–H groups in total. The Balaban J connectivity index is 2.08. The summed E-state index contributed by atoms with van der Waals surface area (Å²) < 4.78 is 5.05. The molecule has 92 valence electrons. The summed E-state index contributed by atoms with van der Waals surface area (Å²) in [5, 5.41) is 0. The quantitative estimate of drug-likeness (QED) is 0.647. The number of aromatic nitrogens is 1. The van der Waals surface area contributed by atoms with Gasteiger partial charge in [-0.05, 0) is 29.8 Å². The van der Waals surface area contributed by atoms with Gasteiger partial charge < -0.3 is 9.72 Å². The van der Waals surface area contributed by atoms with Gasteiger partial charge in [-0.25, -0.2) is 0 Å². The van der Waals surface area contributed by atoms with Crippen LogP contribution in [0.15, 0.2) is 36.4 Å². The molecule has 4 nitrogen and oxygen atoms in total. The van der Waals surface area contributed by atoms with Gasteiger partial charge in [0.25, 0.3) is 0 Å². The van der Waals surface area contributed by atoms with Gasteiger partial charge in [0.2, 0.25) is 0 Å². The van der Waals surface area contributed by atoms with E-state index in [1.54, 1.807) is 19.2 Å². The largest absolute Gasteiger partial charge is 0.497 e. The highest BCUT2D eigenvalue weighted by atomic mass is 16.5. The van der Waals surface area contributed by atoms with Crippen molar-refractivity contribution in [2.24, 2.45) is 0 Å². The van der Waals surface area contributed by atoms with Gasteiger partial charge in [-0.15, -0.1) is 0 Å². The highest BCUT2D eigenvalue weighted by Gasteiger charge is 2.09. The number of aldehydes is 1. The highest BCUT2D eigenvalue weighted by molar-refractivity contribution is 5.96. The Labute approximate surface area is 105 Å². The first-order chi connectivity index (χ1) is 8.72. The predicted octanol–water partition coefficient (Wildman–Crippen LogP) is 2.26. The topological polar surface area (TPSA) is 59.2 Å². The Morgan fingerprint density at radius 3 is 2.50 bits per heavy atom. The number of aromatic amines is 1. The number of H-pyrrole nitrogens is 1. The van der Waals surface area contributed by atoms with E-state index < -0.39 is 0 Å². The molecule has 0 fully saturated rings. The molecular formula is C14H13NO3. The first-order valence-electron chi connectivity index (χ1n) is 5.53. The zero-order valence-electron chi connectivity index (χ0n) is 9.97. The van der Waals surface area contributed by atoms with Crippen molar-refractivity contribution in [3.05, 3.63) is 53.3 Å². The Bertz CT molecular complexity index is 555. The number of carbonyl (C=O) groups excluding carboxylic acids is 2. The van der Waals surface area contributed by atoms with E-state index in [9.17, 15) is 9.59 Å². The molecule has 0 atom stereocenters. The third-order valence-corrected chi connectivity index (χ3v) is 2.66. The molecule has 0 spiro atoms. The van der Waals surface area contributed by atoms with Crippen LogP contribution in [0, 0.1) is 0 Å². The zero-order chi connectivity index (χ0) is 13.0. The average molecular weight is 243 g/mol. The maximum atomic E-state index is 11.9. The molecule has 0 aliphatic heterocycles. The lowest BCUT2D eigenvalue weighted by atomic mass is 10.1. The van der Waals surface area contributed by atoms with Crippen LogP contribution in [0.5, 0.6) is 5.75 Å². The van der Waals surface area contributed by atoms with E-state index >= 15 is 0 Å². The summed E-state index contributed by atoms with van der Waals surface area (Å²) in [6, 6.07) is 10.5. The third-order valence-electron chi connectivity index (χ3n) is 2.66. The van der Waals surface area contributed by atoms with E-state index in [4.69, 9.17) is 4.74 Å². The smallest absolute Gasteiger partial charge is 0.183 e. The first-order valence-corrected chi connectivity index (χ1v) is 5.53. The standard InChI is InChI=1S/C14H13NO3/c1-18-12-5-2-10(3-6-12)8-14(17)13-7-4-11(9-16)15-13/h2-7,9,15H,8H2,1H3. The summed E-state index contributed by atoms with van der Waals surface area (Å²) in [5.41, 5.74) is 1.77. The van der Waals surface area contributed by atoms with E-state index in [2.05, 4.69) is 4.98 Å². The molecule has 18 heavy (non-hydrogen) atoms. The second-order valence-corrected chi connectivity index (χ2v) is 3.89. The number of hydrogen-bond acceptors (Lipinski definition) is 3. The minimum Gasteiger partial charge on any atom is -0.497 e. The molecular weight excluding hydrogens is 230 g/mol. The molecule has 0 saturated carbocycles. The van der Waals surface area contributed by atoms with Crippen LogP contribution in [0.25, 0.3) is 0 Å². The van der Waals surface area contributed by atoms with Crippen LogP contribution in [-0.4, -0.2) is 24.2 Å². The van der Waals surface area contributed by atoms with Crippen molar-refractivity contribution in [2.45, 2.75) is 6.42 Å². The number of hydrogen-bond donors (Lipinski definition) is 1. The predicted molar refractivity (Wildman–Crippen MR) is 67.2 cm³/mol. The molecule has 1 aromatic heterocycles. The van der Waals surface area contributed by atoms with Crippen molar-refractivity contribution < 1.29 is 14.3 Å². The second-order valence-electron chi connectivity index (χ2n) is 3.89. The van der Waals surface area contributed by atoms with Crippen molar-refractivity contribution in [3.63, 3.8) is 0 Å². The Morgan fingerprint density at radius 1 is 1.22 bits per heavy atom. The number of carbonyl (C=O) groups is 2. The lowest BCUT2D eigenvalue weighted by Crippen LogP contribution is -2.04. The van der Waals surface area contributed by atoms with Crippen molar-refractivity contribution in [2.75, 3.05) is 7.11 Å². The minimum absolute atomic E-state index is 0.0479. The molecule has 0 aliphatic rings. The zero-order valence-corrected chi connectivity index (χ0v) is 9.97. The number of benzene rings is 1. The average Bonchev–Trinajstić information content (AvgIpc) is 2.88. The van der Waals surface area contributed by atoms with Gasteiger partial charge in [-0.1, -0.05) is 12.1 Å². The number of Topliss-reactive ketones (excluding diaryl/α,β-unsaturated/α-hetero) is 1. The molecule has 1 heterocycles. The maximum absolute atomic E-state index is 11.9.